The summed E-state index contributed by atoms with van der Waals surface area (Å²) in [7, 11) is 0. The Morgan fingerprint density at radius 3 is 2.51 bits per heavy atom. The number of nitrogens with one attached hydrogen (secondary N) is 1. The minimum atomic E-state index is -4.82. The molecular weight excluding hydrogens is 538 g/mol. The molecule has 11 heteroatoms. The number of ether oxygens (including phenoxy) is 2. The molecular formula is C30H25F4N5O2. The molecule has 1 aromatic heterocycles. The van der Waals surface area contributed by atoms with Crippen LogP contribution in [-0.2, 0) is 4.74 Å². The van der Waals surface area contributed by atoms with Gasteiger partial charge in [0.1, 0.15) is 11.6 Å². The first kappa shape index (κ1) is 26.7. The smallest absolute Gasteiger partial charge is 0.406 e. The average Bonchev–Trinajstić information content (AvgIpc) is 2.94. The Balaban J connectivity index is 1.58. The fourth-order valence-electron chi connectivity index (χ4n) is 4.92. The van der Waals surface area contributed by atoms with E-state index in [1.165, 1.54) is 36.4 Å². The lowest BCUT2D eigenvalue weighted by molar-refractivity contribution is -0.274. The maximum Gasteiger partial charge on any atom is 0.573 e. The van der Waals surface area contributed by atoms with E-state index in [9.17, 15) is 17.6 Å². The van der Waals surface area contributed by atoms with Crippen LogP contribution in [0.2, 0.25) is 0 Å². The van der Waals surface area contributed by atoms with E-state index >= 15 is 0 Å². The van der Waals surface area contributed by atoms with Crippen molar-refractivity contribution in [3.8, 4) is 22.8 Å². The second-order valence-electron chi connectivity index (χ2n) is 9.71. The molecule has 2 aromatic carbocycles. The molecule has 3 heterocycles. The summed E-state index contributed by atoms with van der Waals surface area (Å²) < 4.78 is 64.1. The number of halogens is 4. The number of hydrogen-bond acceptors (Lipinski definition) is 6. The maximum absolute atomic E-state index is 14.5. The van der Waals surface area contributed by atoms with Gasteiger partial charge in [0.05, 0.1) is 50.9 Å². The molecule has 210 valence electrons. The zero-order valence-corrected chi connectivity index (χ0v) is 22.0. The van der Waals surface area contributed by atoms with Crippen molar-refractivity contribution in [1.29, 1.82) is 0 Å². The normalized spacial score (nSPS) is 15.0. The van der Waals surface area contributed by atoms with Gasteiger partial charge in [-0.15, -0.1) is 13.2 Å². The van der Waals surface area contributed by atoms with Crippen molar-refractivity contribution in [2.24, 2.45) is 4.99 Å². The summed E-state index contributed by atoms with van der Waals surface area (Å²) in [5.74, 6) is -0.828. The van der Waals surface area contributed by atoms with Gasteiger partial charge in [0, 0.05) is 31.2 Å². The van der Waals surface area contributed by atoms with Crippen molar-refractivity contribution in [2.75, 3.05) is 18.5 Å². The number of benzene rings is 3. The molecule has 2 aliphatic heterocycles. The number of aromatic nitrogens is 3. The van der Waals surface area contributed by atoms with E-state index < -0.39 is 12.2 Å². The molecule has 1 aliphatic carbocycles. The van der Waals surface area contributed by atoms with Crippen LogP contribution in [0.3, 0.4) is 0 Å². The van der Waals surface area contributed by atoms with Crippen molar-refractivity contribution in [1.82, 2.24) is 14.5 Å². The van der Waals surface area contributed by atoms with Gasteiger partial charge >= 0.3 is 6.36 Å². The molecule has 0 spiro atoms. The third-order valence-corrected chi connectivity index (χ3v) is 6.87. The SMILES string of the molecule is Cc1ncccc1Nc1cc2nc3ccc(F)cc3n(-c3ccc(OC(F)(F)F)cc3)c-2cc1=NC1CCOCC1. The van der Waals surface area contributed by atoms with Crippen LogP contribution in [0, 0.1) is 12.7 Å². The van der Waals surface area contributed by atoms with Crippen molar-refractivity contribution in [3.63, 3.8) is 0 Å². The molecule has 0 radical (unpaired) electrons. The van der Waals surface area contributed by atoms with Gasteiger partial charge in [-0.05, 0) is 80.4 Å². The number of nitrogens with zero attached hydrogens (tertiary/aromatic N) is 4. The number of hydrogen-bond donors (Lipinski definition) is 1. The van der Waals surface area contributed by atoms with Crippen molar-refractivity contribution in [2.45, 2.75) is 32.2 Å². The van der Waals surface area contributed by atoms with Gasteiger partial charge in [0.15, 0.2) is 0 Å². The van der Waals surface area contributed by atoms with Crippen LogP contribution in [0.15, 0.2) is 77.9 Å². The third-order valence-electron chi connectivity index (χ3n) is 6.87. The number of alkyl halides is 3. The highest BCUT2D eigenvalue weighted by molar-refractivity contribution is 5.84. The van der Waals surface area contributed by atoms with E-state index in [1.54, 1.807) is 16.8 Å². The molecule has 6 rings (SSSR count). The second-order valence-corrected chi connectivity index (χ2v) is 9.71. The Bertz CT molecular complexity index is 1750. The largest absolute Gasteiger partial charge is 0.573 e. The molecule has 1 fully saturated rings. The molecule has 1 saturated heterocycles. The predicted octanol–water partition coefficient (Wildman–Crippen LogP) is 6.69. The third kappa shape index (κ3) is 5.85. The fourth-order valence-corrected chi connectivity index (χ4v) is 4.92. The number of pyridine rings is 1. The van der Waals surface area contributed by atoms with Crippen LogP contribution in [0.1, 0.15) is 18.5 Å². The van der Waals surface area contributed by atoms with Gasteiger partial charge in [-0.2, -0.15) is 0 Å². The lowest BCUT2D eigenvalue weighted by Gasteiger charge is -2.22. The fraction of sp³-hybridized carbons (Fsp3) is 0.233. The number of fused-ring (bicyclic) bond motifs is 2. The Hall–Kier alpha value is -4.51. The van der Waals surface area contributed by atoms with Crippen LogP contribution < -0.4 is 15.4 Å². The summed E-state index contributed by atoms with van der Waals surface area (Å²) in [6.07, 6.45) is -1.56. The van der Waals surface area contributed by atoms with Gasteiger partial charge < -0.3 is 19.4 Å². The summed E-state index contributed by atoms with van der Waals surface area (Å²) in [6, 6.07) is 17.2. The molecule has 7 nitrogen and oxygen atoms in total. The molecule has 0 unspecified atom stereocenters. The first-order chi connectivity index (χ1) is 19.7. The monoisotopic (exact) mass is 563 g/mol. The number of anilines is 2. The zero-order chi connectivity index (χ0) is 28.6. The highest BCUT2D eigenvalue weighted by Gasteiger charge is 2.31. The standard InChI is InChI=1S/C30H25F4N5O2/c1-18-23(3-2-12-35-18)37-25-16-27-29(17-26(25)36-20-10-13-40-14-11-20)39(28-15-19(31)4-9-24(28)38-27)21-5-7-22(8-6-21)41-30(32,33)34/h2-9,12,15-17,20,37H,10-11,13-14H2,1H3. The molecule has 0 saturated carbocycles. The summed E-state index contributed by atoms with van der Waals surface area (Å²) in [6.45, 7) is 3.13. The van der Waals surface area contributed by atoms with Crippen LogP contribution in [-0.4, -0.2) is 40.2 Å². The van der Waals surface area contributed by atoms with E-state index in [2.05, 4.69) is 15.0 Å². The summed E-state index contributed by atoms with van der Waals surface area (Å²) >= 11 is 0. The molecule has 3 aromatic rings. The van der Waals surface area contributed by atoms with E-state index in [0.717, 1.165) is 29.9 Å². The van der Waals surface area contributed by atoms with Crippen LogP contribution in [0.4, 0.5) is 28.9 Å². The molecule has 0 atom stereocenters. The Kier molecular flexibility index (Phi) is 7.04. The van der Waals surface area contributed by atoms with Crippen LogP contribution >= 0.6 is 0 Å². The summed E-state index contributed by atoms with van der Waals surface area (Å²) in [5, 5.41) is 4.11. The van der Waals surface area contributed by atoms with E-state index in [-0.39, 0.29) is 11.8 Å². The van der Waals surface area contributed by atoms with Gasteiger partial charge in [-0.3, -0.25) is 9.98 Å². The topological polar surface area (TPSA) is 73.6 Å². The Labute approximate surface area is 232 Å². The van der Waals surface area contributed by atoms with Gasteiger partial charge in [-0.25, -0.2) is 9.37 Å². The summed E-state index contributed by atoms with van der Waals surface area (Å²) in [5.41, 5.74) is 4.98. The van der Waals surface area contributed by atoms with E-state index in [4.69, 9.17) is 14.7 Å². The maximum atomic E-state index is 14.5. The molecule has 3 aliphatic rings. The zero-order valence-electron chi connectivity index (χ0n) is 22.0. The highest BCUT2D eigenvalue weighted by Crippen LogP contribution is 2.32. The van der Waals surface area contributed by atoms with Gasteiger partial charge in [0.2, 0.25) is 0 Å². The first-order valence-corrected chi connectivity index (χ1v) is 13.1. The Morgan fingerprint density at radius 1 is 1.00 bits per heavy atom. The lowest BCUT2D eigenvalue weighted by Crippen LogP contribution is -2.23. The average molecular weight is 564 g/mol. The number of aryl methyl sites for hydroxylation is 1. The van der Waals surface area contributed by atoms with Gasteiger partial charge in [-0.1, -0.05) is 0 Å². The molecule has 0 amide bonds. The van der Waals surface area contributed by atoms with Crippen molar-refractivity contribution >= 4 is 22.4 Å². The number of rotatable bonds is 5. The summed E-state index contributed by atoms with van der Waals surface area (Å²) in [4.78, 5) is 14.2. The van der Waals surface area contributed by atoms with Gasteiger partial charge in [0.25, 0.3) is 0 Å². The quantitative estimate of drug-likeness (QED) is 0.190. The minimum absolute atomic E-state index is 0.0369. The van der Waals surface area contributed by atoms with E-state index in [0.29, 0.717) is 46.7 Å². The minimum Gasteiger partial charge on any atom is -0.406 e. The second kappa shape index (κ2) is 10.8. The highest BCUT2D eigenvalue weighted by atomic mass is 19.4. The molecule has 41 heavy (non-hydrogen) atoms. The van der Waals surface area contributed by atoms with Crippen molar-refractivity contribution in [3.05, 3.63) is 89.8 Å². The Morgan fingerprint density at radius 2 is 1.78 bits per heavy atom. The molecule has 0 bridgehead atoms. The van der Waals surface area contributed by atoms with Crippen LogP contribution in [0.25, 0.3) is 28.1 Å². The van der Waals surface area contributed by atoms with Crippen LogP contribution in [0.5, 0.6) is 5.75 Å². The predicted molar refractivity (Wildman–Crippen MR) is 146 cm³/mol. The van der Waals surface area contributed by atoms with Crippen molar-refractivity contribution < 1.29 is 27.0 Å². The first-order valence-electron chi connectivity index (χ1n) is 13.1. The lowest BCUT2D eigenvalue weighted by atomic mass is 10.1. The molecule has 1 N–H and O–H groups in total. The van der Waals surface area contributed by atoms with E-state index in [1.807, 2.05) is 31.2 Å².